The Labute approximate surface area is 155 Å². The van der Waals surface area contributed by atoms with E-state index in [0.717, 1.165) is 0 Å². The molecule has 0 atom stereocenters. The number of hydrogen-bond acceptors (Lipinski definition) is 4. The molecule has 0 fully saturated rings. The number of carbonyl (C=O) groups excluding carboxylic acids is 1. The number of nitrogens with one attached hydrogen (secondary N) is 1. The van der Waals surface area contributed by atoms with Crippen molar-refractivity contribution in [3.63, 3.8) is 0 Å². The van der Waals surface area contributed by atoms with Gasteiger partial charge in [0.2, 0.25) is 0 Å². The summed E-state index contributed by atoms with van der Waals surface area (Å²) in [6.45, 7) is 0. The predicted octanol–water partition coefficient (Wildman–Crippen LogP) is 4.98. The van der Waals surface area contributed by atoms with Crippen molar-refractivity contribution < 1.29 is 22.7 Å². The van der Waals surface area contributed by atoms with Gasteiger partial charge in [0.1, 0.15) is 5.75 Å². The van der Waals surface area contributed by atoms with Crippen LogP contribution in [-0.2, 0) is 4.79 Å². The van der Waals surface area contributed by atoms with Crippen LogP contribution >= 0.6 is 0 Å². The Bertz CT molecular complexity index is 829. The van der Waals surface area contributed by atoms with Crippen molar-refractivity contribution in [3.8, 4) is 11.5 Å². The minimum Gasteiger partial charge on any atom is -0.455 e. The van der Waals surface area contributed by atoms with E-state index >= 15 is 0 Å². The number of rotatable bonds is 7. The molecule has 0 aliphatic carbocycles. The Kier molecular flexibility index (Phi) is 6.65. The molecular weight excluding hydrogens is 357 g/mol. The number of carbonyl (C=O) groups is 1. The number of benzene rings is 2. The van der Waals surface area contributed by atoms with Crippen LogP contribution in [0.4, 0.5) is 18.9 Å². The highest BCUT2D eigenvalue weighted by Crippen LogP contribution is 2.30. The molecule has 0 aliphatic heterocycles. The van der Waals surface area contributed by atoms with Crippen molar-refractivity contribution in [2.75, 3.05) is 19.4 Å². The average molecular weight is 376 g/mol. The zero-order valence-electron chi connectivity index (χ0n) is 14.8. The zero-order chi connectivity index (χ0) is 19.9. The molecule has 0 radical (unpaired) electrons. The lowest BCUT2D eigenvalue weighted by Gasteiger charge is -2.14. The topological polar surface area (TPSA) is 41.6 Å². The summed E-state index contributed by atoms with van der Waals surface area (Å²) in [6, 6.07) is 15.7. The zero-order valence-corrected chi connectivity index (χ0v) is 14.8. The lowest BCUT2D eigenvalue weighted by molar-refractivity contribution is -0.165. The van der Waals surface area contributed by atoms with Gasteiger partial charge in [0.05, 0.1) is 5.69 Å². The Balaban J connectivity index is 2.32. The molecule has 0 saturated heterocycles. The van der Waals surface area contributed by atoms with Gasteiger partial charge in [-0.15, -0.1) is 0 Å². The van der Waals surface area contributed by atoms with Crippen LogP contribution in [0.5, 0.6) is 11.5 Å². The summed E-state index contributed by atoms with van der Waals surface area (Å²) < 4.78 is 43.7. The van der Waals surface area contributed by atoms with E-state index in [0.29, 0.717) is 23.3 Å². The summed E-state index contributed by atoms with van der Waals surface area (Å²) in [5.41, 5.74) is 0.404. The first-order valence-corrected chi connectivity index (χ1v) is 8.02. The average Bonchev–Trinajstić information content (AvgIpc) is 2.61. The number of halogens is 3. The molecule has 0 aromatic heterocycles. The van der Waals surface area contributed by atoms with E-state index in [1.54, 1.807) is 67.5 Å². The first-order valence-electron chi connectivity index (χ1n) is 8.02. The fourth-order valence-electron chi connectivity index (χ4n) is 2.01. The highest BCUT2D eigenvalue weighted by Gasteiger charge is 2.36. The molecular formula is C20H19F3N2O2. The Morgan fingerprint density at radius 3 is 2.30 bits per heavy atom. The van der Waals surface area contributed by atoms with Crippen molar-refractivity contribution in [2.24, 2.45) is 0 Å². The maximum Gasteiger partial charge on any atom is 0.454 e. The summed E-state index contributed by atoms with van der Waals surface area (Å²) in [6.07, 6.45) is -1.52. The molecule has 0 spiro atoms. The fourth-order valence-corrected chi connectivity index (χ4v) is 2.01. The normalized spacial score (nSPS) is 12.1. The van der Waals surface area contributed by atoms with E-state index in [2.05, 4.69) is 5.32 Å². The number of ether oxygens (including phenoxy) is 1. The second-order valence-electron chi connectivity index (χ2n) is 5.78. The maximum atomic E-state index is 12.6. The highest BCUT2D eigenvalue weighted by molar-refractivity contribution is 5.95. The third kappa shape index (κ3) is 6.54. The van der Waals surface area contributed by atoms with Crippen molar-refractivity contribution >= 4 is 11.5 Å². The highest BCUT2D eigenvalue weighted by atomic mass is 19.4. The maximum absolute atomic E-state index is 12.6. The smallest absolute Gasteiger partial charge is 0.454 e. The summed E-state index contributed by atoms with van der Waals surface area (Å²) in [5, 5.41) is 2.83. The van der Waals surface area contributed by atoms with Crippen LogP contribution in [0.1, 0.15) is 0 Å². The van der Waals surface area contributed by atoms with Gasteiger partial charge in [0.15, 0.2) is 5.75 Å². The van der Waals surface area contributed by atoms with Crippen LogP contribution in [0.3, 0.4) is 0 Å². The number of para-hydroxylation sites is 3. The third-order valence-corrected chi connectivity index (χ3v) is 3.26. The minimum absolute atomic E-state index is 0.0184. The molecule has 0 amide bonds. The summed E-state index contributed by atoms with van der Waals surface area (Å²) in [4.78, 5) is 13.0. The van der Waals surface area contributed by atoms with Gasteiger partial charge in [-0.25, -0.2) is 0 Å². The number of allylic oxidation sites excluding steroid dienone is 2. The number of nitrogens with zero attached hydrogens (tertiary/aromatic N) is 1. The summed E-state index contributed by atoms with van der Waals surface area (Å²) >= 11 is 0. The largest absolute Gasteiger partial charge is 0.455 e. The number of ketones is 1. The Morgan fingerprint density at radius 1 is 1.04 bits per heavy atom. The van der Waals surface area contributed by atoms with Gasteiger partial charge in [0.25, 0.3) is 5.78 Å². The number of anilines is 1. The molecule has 4 nitrogen and oxygen atoms in total. The standard InChI is InChI=1S/C20H19F3N2O2/c1-25(2)13-12-15(14-19(26)20(21,22)23)24-17-10-6-7-11-18(17)27-16-8-4-3-5-9-16/h3-14,24H,1-2H3/b13-12+,15-14-. The Morgan fingerprint density at radius 2 is 1.67 bits per heavy atom. The van der Waals surface area contributed by atoms with Crippen LogP contribution in [0.2, 0.25) is 0 Å². The van der Waals surface area contributed by atoms with E-state index in [4.69, 9.17) is 4.74 Å². The second-order valence-corrected chi connectivity index (χ2v) is 5.78. The van der Waals surface area contributed by atoms with E-state index in [-0.39, 0.29) is 5.70 Å². The molecule has 0 unspecified atom stereocenters. The van der Waals surface area contributed by atoms with Crippen LogP contribution in [-0.4, -0.2) is 31.0 Å². The molecule has 0 heterocycles. The first-order chi connectivity index (χ1) is 12.8. The van der Waals surface area contributed by atoms with E-state index < -0.39 is 12.0 Å². The van der Waals surface area contributed by atoms with Crippen molar-refractivity contribution in [2.45, 2.75) is 6.18 Å². The van der Waals surface area contributed by atoms with Crippen molar-refractivity contribution in [3.05, 3.63) is 78.6 Å². The molecule has 0 aliphatic rings. The second kappa shape index (κ2) is 8.93. The lowest BCUT2D eigenvalue weighted by atomic mass is 10.2. The third-order valence-electron chi connectivity index (χ3n) is 3.26. The van der Waals surface area contributed by atoms with Crippen molar-refractivity contribution in [1.82, 2.24) is 4.90 Å². The molecule has 2 aromatic carbocycles. The van der Waals surface area contributed by atoms with Gasteiger partial charge >= 0.3 is 6.18 Å². The van der Waals surface area contributed by atoms with Gasteiger partial charge in [-0.2, -0.15) is 13.2 Å². The predicted molar refractivity (Wildman–Crippen MR) is 98.6 cm³/mol. The molecule has 142 valence electrons. The molecule has 27 heavy (non-hydrogen) atoms. The Hall–Kier alpha value is -3.22. The van der Waals surface area contributed by atoms with E-state index in [1.807, 2.05) is 6.07 Å². The van der Waals surface area contributed by atoms with Crippen molar-refractivity contribution in [1.29, 1.82) is 0 Å². The van der Waals surface area contributed by atoms with Gasteiger partial charge in [-0.05, 0) is 30.3 Å². The van der Waals surface area contributed by atoms with Crippen LogP contribution < -0.4 is 10.1 Å². The molecule has 0 bridgehead atoms. The molecule has 7 heteroatoms. The number of hydrogen-bond donors (Lipinski definition) is 1. The minimum atomic E-state index is -4.95. The monoisotopic (exact) mass is 376 g/mol. The summed E-state index contributed by atoms with van der Waals surface area (Å²) in [5.74, 6) is -0.963. The molecule has 0 saturated carbocycles. The first kappa shape index (κ1) is 20.1. The van der Waals surface area contributed by atoms with Crippen LogP contribution in [0.15, 0.2) is 78.6 Å². The lowest BCUT2D eigenvalue weighted by Crippen LogP contribution is -2.21. The van der Waals surface area contributed by atoms with E-state index in [9.17, 15) is 18.0 Å². The fraction of sp³-hybridized carbons (Fsp3) is 0.150. The van der Waals surface area contributed by atoms with E-state index in [1.165, 1.54) is 12.3 Å². The number of alkyl halides is 3. The quantitative estimate of drug-likeness (QED) is 0.547. The summed E-state index contributed by atoms with van der Waals surface area (Å²) in [7, 11) is 3.43. The van der Waals surface area contributed by atoms with Crippen LogP contribution in [0.25, 0.3) is 0 Å². The molecule has 2 aromatic rings. The molecule has 2 rings (SSSR count). The SMILES string of the molecule is CN(C)/C=C/C(=C/C(=O)C(F)(F)F)Nc1ccccc1Oc1ccccc1. The van der Waals surface area contributed by atoms with Gasteiger partial charge in [0, 0.05) is 32.1 Å². The van der Waals surface area contributed by atoms with Gasteiger partial charge in [-0.3, -0.25) is 4.79 Å². The van der Waals surface area contributed by atoms with Gasteiger partial charge in [-0.1, -0.05) is 30.3 Å². The van der Waals surface area contributed by atoms with Gasteiger partial charge < -0.3 is 15.0 Å². The molecule has 1 N–H and O–H groups in total. The van der Waals surface area contributed by atoms with Crippen LogP contribution in [0, 0.1) is 0 Å².